The number of hydrogen-bond donors (Lipinski definition) is 2. The van der Waals surface area contributed by atoms with E-state index in [-0.39, 0.29) is 24.0 Å². The van der Waals surface area contributed by atoms with Crippen molar-refractivity contribution in [3.8, 4) is 0 Å². The summed E-state index contributed by atoms with van der Waals surface area (Å²) < 4.78 is 0. The number of benzene rings is 1. The molecule has 20 heavy (non-hydrogen) atoms. The lowest BCUT2D eigenvalue weighted by atomic mass is 9.95. The highest BCUT2D eigenvalue weighted by atomic mass is 35.5. The highest BCUT2D eigenvalue weighted by Gasteiger charge is 2.42. The molecule has 1 heterocycles. The fraction of sp³-hybridized carbons (Fsp3) is 0.533. The zero-order valence-corrected chi connectivity index (χ0v) is 12.0. The molecule has 1 aromatic rings. The van der Waals surface area contributed by atoms with Gasteiger partial charge < -0.3 is 15.3 Å². The van der Waals surface area contributed by atoms with Crippen molar-refractivity contribution in [2.24, 2.45) is 11.8 Å². The number of aliphatic hydroxyl groups is 1. The summed E-state index contributed by atoms with van der Waals surface area (Å²) in [5.41, 5.74) is 1.03. The number of halogens is 1. The van der Waals surface area contributed by atoms with Gasteiger partial charge >= 0.3 is 6.03 Å². The van der Waals surface area contributed by atoms with E-state index in [9.17, 15) is 9.90 Å². The van der Waals surface area contributed by atoms with Gasteiger partial charge in [-0.3, -0.25) is 0 Å². The van der Waals surface area contributed by atoms with Gasteiger partial charge in [0, 0.05) is 36.5 Å². The molecule has 1 aliphatic carbocycles. The molecule has 3 rings (SSSR count). The molecule has 108 valence electrons. The maximum atomic E-state index is 12.2. The Hall–Kier alpha value is -1.26. The average Bonchev–Trinajstić information content (AvgIpc) is 2.67. The van der Waals surface area contributed by atoms with Crippen LogP contribution in [0.2, 0.25) is 5.02 Å². The molecule has 5 heteroatoms. The van der Waals surface area contributed by atoms with E-state index in [1.165, 1.54) is 0 Å². The highest BCUT2D eigenvalue weighted by molar-refractivity contribution is 6.30. The zero-order chi connectivity index (χ0) is 14.1. The van der Waals surface area contributed by atoms with Gasteiger partial charge in [0.15, 0.2) is 0 Å². The Morgan fingerprint density at radius 2 is 1.85 bits per heavy atom. The maximum absolute atomic E-state index is 12.2. The lowest BCUT2D eigenvalue weighted by molar-refractivity contribution is 0.0303. The van der Waals surface area contributed by atoms with E-state index in [2.05, 4.69) is 5.32 Å². The third-order valence-corrected chi connectivity index (χ3v) is 4.68. The molecule has 1 aliphatic heterocycles. The lowest BCUT2D eigenvalue weighted by Crippen LogP contribution is -2.50. The van der Waals surface area contributed by atoms with Gasteiger partial charge in [-0.05, 0) is 30.5 Å². The molecule has 1 saturated carbocycles. The fourth-order valence-corrected chi connectivity index (χ4v) is 3.38. The second kappa shape index (κ2) is 5.62. The SMILES string of the molecule is O=C(NCc1ccc(Cl)cc1)N1CC2CCC(C1)C2O. The Morgan fingerprint density at radius 1 is 1.25 bits per heavy atom. The molecule has 2 N–H and O–H groups in total. The molecular weight excluding hydrogens is 276 g/mol. The van der Waals surface area contributed by atoms with E-state index < -0.39 is 0 Å². The third-order valence-electron chi connectivity index (χ3n) is 4.43. The summed E-state index contributed by atoms with van der Waals surface area (Å²) >= 11 is 5.83. The number of urea groups is 1. The van der Waals surface area contributed by atoms with Crippen LogP contribution in [0, 0.1) is 11.8 Å². The van der Waals surface area contributed by atoms with Crippen LogP contribution >= 0.6 is 11.6 Å². The lowest BCUT2D eigenvalue weighted by Gasteiger charge is -2.35. The van der Waals surface area contributed by atoms with E-state index in [0.29, 0.717) is 24.7 Å². The van der Waals surface area contributed by atoms with Gasteiger partial charge in [-0.1, -0.05) is 23.7 Å². The van der Waals surface area contributed by atoms with Crippen molar-refractivity contribution in [2.45, 2.75) is 25.5 Å². The van der Waals surface area contributed by atoms with Gasteiger partial charge in [0.2, 0.25) is 0 Å². The van der Waals surface area contributed by atoms with Crippen LogP contribution in [-0.4, -0.2) is 35.2 Å². The van der Waals surface area contributed by atoms with Crippen LogP contribution in [0.25, 0.3) is 0 Å². The number of amides is 2. The van der Waals surface area contributed by atoms with Gasteiger partial charge in [-0.25, -0.2) is 4.79 Å². The molecule has 0 radical (unpaired) electrons. The summed E-state index contributed by atoms with van der Waals surface area (Å²) in [6.45, 7) is 1.85. The summed E-state index contributed by atoms with van der Waals surface area (Å²) in [4.78, 5) is 14.0. The summed E-state index contributed by atoms with van der Waals surface area (Å²) in [6, 6.07) is 7.42. The van der Waals surface area contributed by atoms with Crippen molar-refractivity contribution in [1.29, 1.82) is 0 Å². The smallest absolute Gasteiger partial charge is 0.317 e. The van der Waals surface area contributed by atoms with Crippen LogP contribution in [0.4, 0.5) is 4.79 Å². The first-order chi connectivity index (χ1) is 9.63. The molecule has 2 amide bonds. The molecule has 2 bridgehead atoms. The largest absolute Gasteiger partial charge is 0.392 e. The van der Waals surface area contributed by atoms with Crippen molar-refractivity contribution in [2.75, 3.05) is 13.1 Å². The van der Waals surface area contributed by atoms with Gasteiger partial charge in [-0.2, -0.15) is 0 Å². The number of nitrogens with zero attached hydrogens (tertiary/aromatic N) is 1. The van der Waals surface area contributed by atoms with Crippen LogP contribution in [0.3, 0.4) is 0 Å². The second-order valence-corrected chi connectivity index (χ2v) is 6.21. The number of rotatable bonds is 2. The molecule has 0 spiro atoms. The predicted octanol–water partition coefficient (Wildman–Crippen LogP) is 2.25. The Bertz CT molecular complexity index is 477. The van der Waals surface area contributed by atoms with E-state index >= 15 is 0 Å². The number of piperidine rings is 1. The molecule has 2 aliphatic rings. The minimum absolute atomic E-state index is 0.0382. The average molecular weight is 295 g/mol. The first-order valence-corrected chi connectivity index (χ1v) is 7.46. The number of likely N-dealkylation sites (tertiary alicyclic amines) is 1. The Labute approximate surface area is 123 Å². The molecule has 2 atom stereocenters. The standard InChI is InChI=1S/C15H19ClN2O2/c16-13-5-1-10(2-6-13)7-17-15(20)18-8-11-3-4-12(9-18)14(11)19/h1-2,5-6,11-12,14,19H,3-4,7-9H2,(H,17,20). The summed E-state index contributed by atoms with van der Waals surface area (Å²) in [6.07, 6.45) is 1.86. The molecule has 2 unspecified atom stereocenters. The van der Waals surface area contributed by atoms with Crippen molar-refractivity contribution in [1.82, 2.24) is 10.2 Å². The van der Waals surface area contributed by atoms with E-state index in [4.69, 9.17) is 11.6 Å². The Morgan fingerprint density at radius 3 is 2.45 bits per heavy atom. The predicted molar refractivity (Wildman–Crippen MR) is 77.5 cm³/mol. The fourth-order valence-electron chi connectivity index (χ4n) is 3.25. The number of carbonyl (C=O) groups excluding carboxylic acids is 1. The maximum Gasteiger partial charge on any atom is 0.317 e. The van der Waals surface area contributed by atoms with Crippen molar-refractivity contribution < 1.29 is 9.90 Å². The van der Waals surface area contributed by atoms with E-state index in [0.717, 1.165) is 18.4 Å². The Kier molecular flexibility index (Phi) is 3.85. The van der Waals surface area contributed by atoms with Gasteiger partial charge in [0.25, 0.3) is 0 Å². The van der Waals surface area contributed by atoms with Gasteiger partial charge in [-0.15, -0.1) is 0 Å². The topological polar surface area (TPSA) is 52.6 Å². The minimum atomic E-state index is -0.213. The van der Waals surface area contributed by atoms with Crippen molar-refractivity contribution >= 4 is 17.6 Å². The van der Waals surface area contributed by atoms with Gasteiger partial charge in [0.05, 0.1) is 6.10 Å². The normalized spacial score (nSPS) is 28.5. The first-order valence-electron chi connectivity index (χ1n) is 7.09. The molecule has 4 nitrogen and oxygen atoms in total. The second-order valence-electron chi connectivity index (χ2n) is 5.78. The van der Waals surface area contributed by atoms with Crippen LogP contribution in [0.15, 0.2) is 24.3 Å². The molecular formula is C15H19ClN2O2. The number of fused-ring (bicyclic) bond motifs is 2. The minimum Gasteiger partial charge on any atom is -0.392 e. The first kappa shape index (κ1) is 13.7. The third kappa shape index (κ3) is 2.76. The van der Waals surface area contributed by atoms with Crippen LogP contribution in [0.5, 0.6) is 0 Å². The quantitative estimate of drug-likeness (QED) is 0.879. The van der Waals surface area contributed by atoms with Crippen LogP contribution < -0.4 is 5.32 Å². The monoisotopic (exact) mass is 294 g/mol. The molecule has 1 saturated heterocycles. The highest BCUT2D eigenvalue weighted by Crippen LogP contribution is 2.36. The number of aliphatic hydroxyl groups excluding tert-OH is 1. The molecule has 2 fully saturated rings. The Balaban J connectivity index is 1.54. The zero-order valence-electron chi connectivity index (χ0n) is 11.3. The summed E-state index contributed by atoms with van der Waals surface area (Å²) in [5, 5.41) is 13.6. The number of carbonyl (C=O) groups is 1. The van der Waals surface area contributed by atoms with E-state index in [1.54, 1.807) is 0 Å². The molecule has 1 aromatic carbocycles. The summed E-state index contributed by atoms with van der Waals surface area (Å²) in [7, 11) is 0. The van der Waals surface area contributed by atoms with E-state index in [1.807, 2.05) is 29.2 Å². The van der Waals surface area contributed by atoms with Gasteiger partial charge in [0.1, 0.15) is 0 Å². The van der Waals surface area contributed by atoms with Crippen molar-refractivity contribution in [3.63, 3.8) is 0 Å². The van der Waals surface area contributed by atoms with Crippen LogP contribution in [-0.2, 0) is 6.54 Å². The van der Waals surface area contributed by atoms with Crippen molar-refractivity contribution in [3.05, 3.63) is 34.9 Å². The summed E-state index contributed by atoms with van der Waals surface area (Å²) in [5.74, 6) is 0.519. The molecule has 0 aromatic heterocycles. The van der Waals surface area contributed by atoms with Crippen LogP contribution in [0.1, 0.15) is 18.4 Å². The number of hydrogen-bond acceptors (Lipinski definition) is 2. The number of nitrogens with one attached hydrogen (secondary N) is 1.